The van der Waals surface area contributed by atoms with E-state index in [1.54, 1.807) is 13.0 Å². The molecule has 0 saturated carbocycles. The SMILES string of the molecule is CC(CN)C(=O)NCc1ccc(N2CCOCC2)c(F)c1. The first-order valence-electron chi connectivity index (χ1n) is 7.20. The van der Waals surface area contributed by atoms with Crippen LogP contribution in [0.1, 0.15) is 12.5 Å². The van der Waals surface area contributed by atoms with Crippen LogP contribution in [0.25, 0.3) is 0 Å². The highest BCUT2D eigenvalue weighted by Gasteiger charge is 2.16. The lowest BCUT2D eigenvalue weighted by molar-refractivity contribution is -0.124. The number of hydrogen-bond acceptors (Lipinski definition) is 4. The molecule has 1 atom stereocenters. The Labute approximate surface area is 124 Å². The van der Waals surface area contributed by atoms with Gasteiger partial charge in [0, 0.05) is 32.1 Å². The van der Waals surface area contributed by atoms with Gasteiger partial charge in [0.25, 0.3) is 0 Å². The van der Waals surface area contributed by atoms with Gasteiger partial charge in [-0.05, 0) is 17.7 Å². The van der Waals surface area contributed by atoms with E-state index in [2.05, 4.69) is 5.32 Å². The van der Waals surface area contributed by atoms with Crippen LogP contribution >= 0.6 is 0 Å². The van der Waals surface area contributed by atoms with Gasteiger partial charge in [0.05, 0.1) is 18.9 Å². The summed E-state index contributed by atoms with van der Waals surface area (Å²) in [4.78, 5) is 13.6. The first-order valence-corrected chi connectivity index (χ1v) is 7.20. The zero-order valence-electron chi connectivity index (χ0n) is 12.3. The number of hydrogen-bond donors (Lipinski definition) is 2. The first-order chi connectivity index (χ1) is 10.1. The molecule has 21 heavy (non-hydrogen) atoms. The molecule has 5 nitrogen and oxygen atoms in total. The molecule has 0 radical (unpaired) electrons. The van der Waals surface area contributed by atoms with Crippen molar-refractivity contribution in [2.75, 3.05) is 37.7 Å². The van der Waals surface area contributed by atoms with Crippen LogP contribution in [0, 0.1) is 11.7 Å². The average molecular weight is 295 g/mol. The minimum absolute atomic E-state index is 0.116. The average Bonchev–Trinajstić information content (AvgIpc) is 2.52. The molecular formula is C15H22FN3O2. The number of carbonyl (C=O) groups is 1. The lowest BCUT2D eigenvalue weighted by atomic mass is 10.1. The highest BCUT2D eigenvalue weighted by molar-refractivity contribution is 5.78. The molecule has 1 aromatic rings. The lowest BCUT2D eigenvalue weighted by Gasteiger charge is -2.29. The Morgan fingerprint density at radius 3 is 2.81 bits per heavy atom. The van der Waals surface area contributed by atoms with E-state index in [0.29, 0.717) is 45.1 Å². The predicted octanol–water partition coefficient (Wildman–Crippen LogP) is 0.873. The van der Waals surface area contributed by atoms with E-state index in [-0.39, 0.29) is 17.6 Å². The number of morpholine rings is 1. The molecule has 2 rings (SSSR count). The number of halogens is 1. The van der Waals surface area contributed by atoms with Crippen molar-refractivity contribution in [3.8, 4) is 0 Å². The number of nitrogens with two attached hydrogens (primary N) is 1. The Morgan fingerprint density at radius 2 is 2.19 bits per heavy atom. The van der Waals surface area contributed by atoms with Crippen molar-refractivity contribution in [1.82, 2.24) is 5.32 Å². The second-order valence-corrected chi connectivity index (χ2v) is 5.24. The number of nitrogens with zero attached hydrogens (tertiary/aromatic N) is 1. The Balaban J connectivity index is 1.97. The highest BCUT2D eigenvalue weighted by Crippen LogP contribution is 2.21. The number of anilines is 1. The van der Waals surface area contributed by atoms with Crippen LogP contribution < -0.4 is 16.0 Å². The molecule has 1 amide bonds. The Kier molecular flexibility index (Phi) is 5.52. The fourth-order valence-corrected chi connectivity index (χ4v) is 2.19. The van der Waals surface area contributed by atoms with E-state index in [9.17, 15) is 9.18 Å². The summed E-state index contributed by atoms with van der Waals surface area (Å²) in [5.74, 6) is -0.617. The zero-order valence-corrected chi connectivity index (χ0v) is 12.3. The van der Waals surface area contributed by atoms with Crippen molar-refractivity contribution in [2.24, 2.45) is 11.7 Å². The van der Waals surface area contributed by atoms with Gasteiger partial charge in [0.1, 0.15) is 5.82 Å². The van der Waals surface area contributed by atoms with Crippen molar-refractivity contribution < 1.29 is 13.9 Å². The molecule has 1 saturated heterocycles. The van der Waals surface area contributed by atoms with E-state index < -0.39 is 0 Å². The Hall–Kier alpha value is -1.66. The predicted molar refractivity (Wildman–Crippen MR) is 79.5 cm³/mol. The van der Waals surface area contributed by atoms with Gasteiger partial charge in [-0.25, -0.2) is 4.39 Å². The minimum atomic E-state index is -0.268. The number of ether oxygens (including phenoxy) is 1. The van der Waals surface area contributed by atoms with Gasteiger partial charge >= 0.3 is 0 Å². The smallest absolute Gasteiger partial charge is 0.224 e. The first kappa shape index (κ1) is 15.7. The van der Waals surface area contributed by atoms with Crippen LogP contribution in [-0.2, 0) is 16.1 Å². The van der Waals surface area contributed by atoms with Crippen LogP contribution in [0.3, 0.4) is 0 Å². The van der Waals surface area contributed by atoms with Crippen molar-refractivity contribution in [2.45, 2.75) is 13.5 Å². The summed E-state index contributed by atoms with van der Waals surface area (Å²) >= 11 is 0. The summed E-state index contributed by atoms with van der Waals surface area (Å²) in [7, 11) is 0. The lowest BCUT2D eigenvalue weighted by Crippen LogP contribution is -2.36. The molecule has 6 heteroatoms. The summed E-state index contributed by atoms with van der Waals surface area (Å²) < 4.78 is 19.4. The fraction of sp³-hybridized carbons (Fsp3) is 0.533. The van der Waals surface area contributed by atoms with E-state index >= 15 is 0 Å². The van der Waals surface area contributed by atoms with Gasteiger partial charge in [0.2, 0.25) is 5.91 Å². The number of carbonyl (C=O) groups excluding carboxylic acids is 1. The van der Waals surface area contributed by atoms with Gasteiger partial charge in [-0.15, -0.1) is 0 Å². The molecular weight excluding hydrogens is 273 g/mol. The van der Waals surface area contributed by atoms with E-state index in [1.165, 1.54) is 6.07 Å². The van der Waals surface area contributed by atoms with E-state index in [4.69, 9.17) is 10.5 Å². The second-order valence-electron chi connectivity index (χ2n) is 5.24. The van der Waals surface area contributed by atoms with E-state index in [0.717, 1.165) is 5.56 Å². The maximum absolute atomic E-state index is 14.2. The Bertz CT molecular complexity index is 490. The molecule has 1 aliphatic heterocycles. The molecule has 0 aromatic heterocycles. The molecule has 1 heterocycles. The third kappa shape index (κ3) is 4.15. The molecule has 0 spiro atoms. The standard InChI is InChI=1S/C15H22FN3O2/c1-11(9-17)15(20)18-10-12-2-3-14(13(16)8-12)19-4-6-21-7-5-19/h2-3,8,11H,4-7,9-10,17H2,1H3,(H,18,20). The summed E-state index contributed by atoms with van der Waals surface area (Å²) in [6.07, 6.45) is 0. The normalized spacial score (nSPS) is 16.6. The largest absolute Gasteiger partial charge is 0.378 e. The van der Waals surface area contributed by atoms with Crippen molar-refractivity contribution in [1.29, 1.82) is 0 Å². The van der Waals surface area contributed by atoms with Crippen molar-refractivity contribution in [3.63, 3.8) is 0 Å². The van der Waals surface area contributed by atoms with Crippen LogP contribution in [0.15, 0.2) is 18.2 Å². The van der Waals surface area contributed by atoms with Crippen LogP contribution in [0.4, 0.5) is 10.1 Å². The van der Waals surface area contributed by atoms with Gasteiger partial charge in [-0.1, -0.05) is 13.0 Å². The quantitative estimate of drug-likeness (QED) is 0.846. The van der Waals surface area contributed by atoms with Gasteiger partial charge in [0.15, 0.2) is 0 Å². The number of amides is 1. The molecule has 1 aromatic carbocycles. The number of nitrogens with one attached hydrogen (secondary N) is 1. The minimum Gasteiger partial charge on any atom is -0.378 e. The summed E-state index contributed by atoms with van der Waals surface area (Å²) in [6.45, 7) is 5.00. The molecule has 1 aliphatic rings. The zero-order chi connectivity index (χ0) is 15.2. The van der Waals surface area contributed by atoms with Crippen LogP contribution in [0.5, 0.6) is 0 Å². The number of benzene rings is 1. The van der Waals surface area contributed by atoms with Gasteiger partial charge in [-0.3, -0.25) is 4.79 Å². The highest BCUT2D eigenvalue weighted by atomic mass is 19.1. The summed E-state index contributed by atoms with van der Waals surface area (Å²) in [5, 5.41) is 2.76. The van der Waals surface area contributed by atoms with Gasteiger partial charge < -0.3 is 20.7 Å². The molecule has 3 N–H and O–H groups in total. The molecule has 1 fully saturated rings. The summed E-state index contributed by atoms with van der Waals surface area (Å²) in [5.41, 5.74) is 6.76. The van der Waals surface area contributed by atoms with Crippen molar-refractivity contribution >= 4 is 11.6 Å². The maximum atomic E-state index is 14.2. The Morgan fingerprint density at radius 1 is 1.48 bits per heavy atom. The molecule has 0 aliphatic carbocycles. The molecule has 116 valence electrons. The maximum Gasteiger partial charge on any atom is 0.224 e. The topological polar surface area (TPSA) is 67.6 Å². The fourth-order valence-electron chi connectivity index (χ4n) is 2.19. The monoisotopic (exact) mass is 295 g/mol. The van der Waals surface area contributed by atoms with E-state index in [1.807, 2.05) is 11.0 Å². The third-order valence-corrected chi connectivity index (χ3v) is 3.63. The third-order valence-electron chi connectivity index (χ3n) is 3.63. The molecule has 1 unspecified atom stereocenters. The van der Waals surface area contributed by atoms with Crippen LogP contribution in [-0.4, -0.2) is 38.8 Å². The molecule has 0 bridgehead atoms. The van der Waals surface area contributed by atoms with Gasteiger partial charge in [-0.2, -0.15) is 0 Å². The summed E-state index contributed by atoms with van der Waals surface area (Å²) in [6, 6.07) is 5.06. The second kappa shape index (κ2) is 7.38. The van der Waals surface area contributed by atoms with Crippen molar-refractivity contribution in [3.05, 3.63) is 29.6 Å². The van der Waals surface area contributed by atoms with Crippen LogP contribution in [0.2, 0.25) is 0 Å². The number of rotatable bonds is 5.